The Balaban J connectivity index is 1.72. The van der Waals surface area contributed by atoms with Crippen LogP contribution in [0.3, 0.4) is 0 Å². The van der Waals surface area contributed by atoms with Gasteiger partial charge in [-0.2, -0.15) is 0 Å². The van der Waals surface area contributed by atoms with Gasteiger partial charge < -0.3 is 9.64 Å². The molecule has 1 saturated heterocycles. The van der Waals surface area contributed by atoms with Crippen LogP contribution in [0.25, 0.3) is 0 Å². The molecule has 10 heteroatoms. The highest BCUT2D eigenvalue weighted by atomic mass is 16.6. The van der Waals surface area contributed by atoms with Crippen molar-refractivity contribution in [2.45, 2.75) is 46.3 Å². The molecule has 0 N–H and O–H groups in total. The number of carbonyl (C=O) groups is 4. The van der Waals surface area contributed by atoms with E-state index in [2.05, 4.69) is 13.8 Å². The van der Waals surface area contributed by atoms with Gasteiger partial charge in [0.1, 0.15) is 11.6 Å². The Bertz CT molecular complexity index is 950. The van der Waals surface area contributed by atoms with E-state index in [4.69, 9.17) is 4.74 Å². The molecule has 1 aromatic carbocycles. The number of piperidine rings is 1. The van der Waals surface area contributed by atoms with Crippen molar-refractivity contribution >= 4 is 29.4 Å². The predicted molar refractivity (Wildman–Crippen MR) is 108 cm³/mol. The lowest BCUT2D eigenvalue weighted by Crippen LogP contribution is -2.49. The highest BCUT2D eigenvalue weighted by Gasteiger charge is 2.45. The molecule has 0 aromatic heterocycles. The maximum Gasteiger partial charge on any atom is 0.329 e. The monoisotopic (exact) mass is 431 g/mol. The number of nitro benzene ring substituents is 1. The molecule has 10 nitrogen and oxygen atoms in total. The predicted octanol–water partition coefficient (Wildman–Crippen LogP) is 2.02. The Hall–Kier alpha value is -3.30. The fraction of sp³-hybridized carbons (Fsp3) is 0.524. The zero-order chi connectivity index (χ0) is 23.0. The molecule has 0 radical (unpaired) electrons. The van der Waals surface area contributed by atoms with Gasteiger partial charge in [-0.1, -0.05) is 19.9 Å². The molecular weight excluding hydrogens is 406 g/mol. The first-order chi connectivity index (χ1) is 14.5. The summed E-state index contributed by atoms with van der Waals surface area (Å²) in [5, 5.41) is 11.2. The van der Waals surface area contributed by atoms with Gasteiger partial charge >= 0.3 is 5.97 Å². The third-order valence-corrected chi connectivity index (χ3v) is 5.67. The highest BCUT2D eigenvalue weighted by molar-refractivity contribution is 6.24. The van der Waals surface area contributed by atoms with E-state index in [1.165, 1.54) is 26.0 Å². The van der Waals surface area contributed by atoms with Gasteiger partial charge in [0, 0.05) is 19.2 Å². The summed E-state index contributed by atoms with van der Waals surface area (Å²) >= 11 is 0. The SMILES string of the molecule is C[C@@H]1C[C@H](C)CN(C(=O)[C@@H](C)OC(=O)[C@H](C)N2C(=O)c3cccc([N+](=O)[O-])c3C2=O)C1. The lowest BCUT2D eigenvalue weighted by Gasteiger charge is -2.36. The number of amides is 3. The number of likely N-dealkylation sites (tertiary alicyclic amines) is 1. The fourth-order valence-corrected chi connectivity index (χ4v) is 4.32. The number of hydrogen-bond donors (Lipinski definition) is 0. The van der Waals surface area contributed by atoms with Gasteiger partial charge in [-0.15, -0.1) is 0 Å². The van der Waals surface area contributed by atoms with Crippen LogP contribution < -0.4 is 0 Å². The van der Waals surface area contributed by atoms with Gasteiger partial charge in [-0.05, 0) is 38.2 Å². The van der Waals surface area contributed by atoms with E-state index in [1.54, 1.807) is 4.90 Å². The molecule has 0 aliphatic carbocycles. The highest BCUT2D eigenvalue weighted by Crippen LogP contribution is 2.32. The van der Waals surface area contributed by atoms with Crippen molar-refractivity contribution in [1.82, 2.24) is 9.80 Å². The standard InChI is InChI=1S/C21H25N3O7/c1-11-8-12(2)10-22(9-11)18(25)14(4)31-21(28)13(3)23-19(26)15-6-5-7-16(24(29)30)17(15)20(23)27/h5-7,11-14H,8-10H2,1-4H3/t11-,12+,13-,14+/m0/s1. The summed E-state index contributed by atoms with van der Waals surface area (Å²) in [5.74, 6) is -2.35. The number of ether oxygens (including phenoxy) is 1. The van der Waals surface area contributed by atoms with Crippen LogP contribution in [-0.2, 0) is 14.3 Å². The molecule has 3 amide bonds. The number of nitro groups is 1. The number of imide groups is 1. The van der Waals surface area contributed by atoms with Crippen LogP contribution in [0.1, 0.15) is 54.8 Å². The Morgan fingerprint density at radius 1 is 1.13 bits per heavy atom. The summed E-state index contributed by atoms with van der Waals surface area (Å²) in [6.07, 6.45) is -0.0714. The minimum absolute atomic E-state index is 0.140. The van der Waals surface area contributed by atoms with Crippen LogP contribution in [0, 0.1) is 22.0 Å². The molecular formula is C21H25N3O7. The molecule has 0 bridgehead atoms. The maximum atomic E-state index is 12.7. The third-order valence-electron chi connectivity index (χ3n) is 5.67. The van der Waals surface area contributed by atoms with Gasteiger partial charge in [0.2, 0.25) is 0 Å². The second-order valence-electron chi connectivity index (χ2n) is 8.38. The van der Waals surface area contributed by atoms with Crippen LogP contribution in [0.15, 0.2) is 18.2 Å². The summed E-state index contributed by atoms with van der Waals surface area (Å²) < 4.78 is 5.27. The van der Waals surface area contributed by atoms with Crippen molar-refractivity contribution in [2.24, 2.45) is 11.8 Å². The van der Waals surface area contributed by atoms with Crippen LogP contribution in [-0.4, -0.2) is 63.6 Å². The molecule has 2 heterocycles. The van der Waals surface area contributed by atoms with Crippen LogP contribution >= 0.6 is 0 Å². The molecule has 0 spiro atoms. The second kappa shape index (κ2) is 8.44. The van der Waals surface area contributed by atoms with Crippen LogP contribution in [0.4, 0.5) is 5.69 Å². The Morgan fingerprint density at radius 2 is 1.74 bits per heavy atom. The largest absolute Gasteiger partial charge is 0.451 e. The minimum atomic E-state index is -1.35. The van der Waals surface area contributed by atoms with E-state index in [0.717, 1.165) is 12.5 Å². The molecule has 3 rings (SSSR count). The zero-order valence-electron chi connectivity index (χ0n) is 17.9. The van der Waals surface area contributed by atoms with E-state index < -0.39 is 40.5 Å². The van der Waals surface area contributed by atoms with E-state index in [0.29, 0.717) is 29.8 Å². The quantitative estimate of drug-likeness (QED) is 0.302. The molecule has 31 heavy (non-hydrogen) atoms. The number of rotatable bonds is 5. The summed E-state index contributed by atoms with van der Waals surface area (Å²) in [6, 6.07) is 2.38. The van der Waals surface area contributed by atoms with Gasteiger partial charge in [0.25, 0.3) is 23.4 Å². The van der Waals surface area contributed by atoms with E-state index in [9.17, 15) is 29.3 Å². The molecule has 1 fully saturated rings. The van der Waals surface area contributed by atoms with E-state index >= 15 is 0 Å². The van der Waals surface area contributed by atoms with E-state index in [1.807, 2.05) is 0 Å². The van der Waals surface area contributed by atoms with Crippen molar-refractivity contribution < 1.29 is 28.8 Å². The fourth-order valence-electron chi connectivity index (χ4n) is 4.32. The van der Waals surface area contributed by atoms with Crippen LogP contribution in [0.2, 0.25) is 0 Å². The van der Waals surface area contributed by atoms with Gasteiger partial charge in [0.15, 0.2) is 6.10 Å². The van der Waals surface area contributed by atoms with Crippen molar-refractivity contribution in [3.05, 3.63) is 39.4 Å². The third kappa shape index (κ3) is 4.14. The van der Waals surface area contributed by atoms with Crippen LogP contribution in [0.5, 0.6) is 0 Å². The normalized spacial score (nSPS) is 22.7. The number of hydrogen-bond acceptors (Lipinski definition) is 7. The van der Waals surface area contributed by atoms with Crippen molar-refractivity contribution in [2.75, 3.05) is 13.1 Å². The van der Waals surface area contributed by atoms with Gasteiger partial charge in [0.05, 0.1) is 10.5 Å². The summed E-state index contributed by atoms with van der Waals surface area (Å²) in [6.45, 7) is 7.99. The molecule has 2 aliphatic heterocycles. The number of esters is 1. The molecule has 0 saturated carbocycles. The molecule has 2 aliphatic rings. The topological polar surface area (TPSA) is 127 Å². The number of fused-ring (bicyclic) bond motifs is 1. The lowest BCUT2D eigenvalue weighted by molar-refractivity contribution is -0.385. The Labute approximate surface area is 179 Å². The zero-order valence-corrected chi connectivity index (χ0v) is 17.9. The van der Waals surface area contributed by atoms with Crippen molar-refractivity contribution in [3.8, 4) is 0 Å². The molecule has 1 aromatic rings. The second-order valence-corrected chi connectivity index (χ2v) is 8.38. The number of benzene rings is 1. The van der Waals surface area contributed by atoms with Crippen molar-refractivity contribution in [3.63, 3.8) is 0 Å². The minimum Gasteiger partial charge on any atom is -0.451 e. The average molecular weight is 431 g/mol. The Morgan fingerprint density at radius 3 is 2.32 bits per heavy atom. The first kappa shape index (κ1) is 22.4. The van der Waals surface area contributed by atoms with Gasteiger partial charge in [-0.3, -0.25) is 29.4 Å². The number of carbonyl (C=O) groups excluding carboxylic acids is 4. The lowest BCUT2D eigenvalue weighted by atomic mass is 9.91. The Kier molecular flexibility index (Phi) is 6.10. The molecule has 166 valence electrons. The molecule has 0 unspecified atom stereocenters. The number of nitrogens with zero attached hydrogens (tertiary/aromatic N) is 3. The smallest absolute Gasteiger partial charge is 0.329 e. The van der Waals surface area contributed by atoms with E-state index in [-0.39, 0.29) is 17.0 Å². The van der Waals surface area contributed by atoms with Crippen molar-refractivity contribution in [1.29, 1.82) is 0 Å². The van der Waals surface area contributed by atoms with Gasteiger partial charge in [-0.25, -0.2) is 4.79 Å². The summed E-state index contributed by atoms with van der Waals surface area (Å²) in [5.41, 5.74) is -0.993. The summed E-state index contributed by atoms with van der Waals surface area (Å²) in [7, 11) is 0. The molecule has 4 atom stereocenters. The average Bonchev–Trinajstić information content (AvgIpc) is 2.96. The summed E-state index contributed by atoms with van der Waals surface area (Å²) in [4.78, 5) is 63.5. The maximum absolute atomic E-state index is 12.7. The first-order valence-electron chi connectivity index (χ1n) is 10.2. The first-order valence-corrected chi connectivity index (χ1v) is 10.2.